The van der Waals surface area contributed by atoms with Gasteiger partial charge in [-0.05, 0) is 18.2 Å². The van der Waals surface area contributed by atoms with Crippen molar-refractivity contribution in [3.05, 3.63) is 53.6 Å². The van der Waals surface area contributed by atoms with E-state index in [2.05, 4.69) is 10.3 Å². The van der Waals surface area contributed by atoms with E-state index in [1.165, 1.54) is 12.3 Å². The number of nitrogen functional groups attached to an aromatic ring is 1. The molecule has 0 saturated carbocycles. The van der Waals surface area contributed by atoms with E-state index in [4.69, 9.17) is 5.73 Å². The van der Waals surface area contributed by atoms with E-state index in [1.54, 1.807) is 0 Å². The number of hydrogen-bond acceptors (Lipinski definition) is 3. The van der Waals surface area contributed by atoms with Crippen molar-refractivity contribution in [1.82, 2.24) is 4.98 Å². The first kappa shape index (κ1) is 12.9. The van der Waals surface area contributed by atoms with Crippen LogP contribution >= 0.6 is 0 Å². The van der Waals surface area contributed by atoms with Crippen molar-refractivity contribution in [3.63, 3.8) is 0 Å². The minimum atomic E-state index is -1.06. The van der Waals surface area contributed by atoms with Crippen molar-refractivity contribution in [2.75, 3.05) is 11.1 Å². The van der Waals surface area contributed by atoms with Crippen LogP contribution in [0.1, 0.15) is 10.4 Å². The highest BCUT2D eigenvalue weighted by Crippen LogP contribution is 2.19. The third-order valence-corrected chi connectivity index (χ3v) is 2.33. The lowest BCUT2D eigenvalue weighted by molar-refractivity contribution is 0.102. The maximum absolute atomic E-state index is 13.6. The van der Waals surface area contributed by atoms with Crippen molar-refractivity contribution >= 4 is 17.3 Å². The zero-order chi connectivity index (χ0) is 14.0. The first-order valence-electron chi connectivity index (χ1n) is 5.14. The molecule has 0 bridgehead atoms. The predicted molar refractivity (Wildman–Crippen MR) is 62.9 cm³/mol. The quantitative estimate of drug-likeness (QED) is 0.820. The number of rotatable bonds is 2. The number of carbonyl (C=O) groups excluding carboxylic acids is 1. The van der Waals surface area contributed by atoms with Gasteiger partial charge >= 0.3 is 0 Å². The first-order valence-corrected chi connectivity index (χ1v) is 5.14. The monoisotopic (exact) mass is 267 g/mol. The summed E-state index contributed by atoms with van der Waals surface area (Å²) in [5, 5.41) is 2.11. The van der Waals surface area contributed by atoms with E-state index in [1.807, 2.05) is 0 Å². The van der Waals surface area contributed by atoms with Crippen molar-refractivity contribution in [2.45, 2.75) is 0 Å². The minimum Gasteiger partial charge on any atom is -0.396 e. The van der Waals surface area contributed by atoms with E-state index in [0.29, 0.717) is 6.07 Å². The molecule has 0 atom stereocenters. The lowest BCUT2D eigenvalue weighted by atomic mass is 10.1. The molecule has 0 radical (unpaired) electrons. The summed E-state index contributed by atoms with van der Waals surface area (Å²) in [6.07, 6.45) is 2.13. The number of aromatic nitrogens is 1. The number of nitrogens with zero attached hydrogens (tertiary/aromatic N) is 1. The summed E-state index contributed by atoms with van der Waals surface area (Å²) in [7, 11) is 0. The van der Waals surface area contributed by atoms with Gasteiger partial charge in [-0.3, -0.25) is 9.78 Å². The molecule has 0 fully saturated rings. The van der Waals surface area contributed by atoms with Crippen LogP contribution in [0.3, 0.4) is 0 Å². The molecule has 19 heavy (non-hydrogen) atoms. The fourth-order valence-electron chi connectivity index (χ4n) is 1.44. The van der Waals surface area contributed by atoms with Gasteiger partial charge in [-0.25, -0.2) is 13.2 Å². The topological polar surface area (TPSA) is 68.0 Å². The van der Waals surface area contributed by atoms with Crippen molar-refractivity contribution in [3.8, 4) is 0 Å². The molecule has 7 heteroatoms. The second kappa shape index (κ2) is 4.97. The highest BCUT2D eigenvalue weighted by Gasteiger charge is 2.17. The Morgan fingerprint density at radius 3 is 2.68 bits per heavy atom. The standard InChI is InChI=1S/C12H8F3N3O/c13-6-3-7(11(15)9(16)4-6)12(19)18-10-1-2-17-5-8(10)14/h1-5H,16H2,(H,17,18,19). The molecule has 0 aliphatic heterocycles. The molecule has 0 spiro atoms. The van der Waals surface area contributed by atoms with Crippen molar-refractivity contribution in [1.29, 1.82) is 0 Å². The fraction of sp³-hybridized carbons (Fsp3) is 0. The number of nitrogens with one attached hydrogen (secondary N) is 1. The van der Waals surface area contributed by atoms with E-state index in [0.717, 1.165) is 12.3 Å². The third-order valence-electron chi connectivity index (χ3n) is 2.33. The van der Waals surface area contributed by atoms with Crippen LogP contribution in [0.15, 0.2) is 30.6 Å². The number of amides is 1. The Kier molecular flexibility index (Phi) is 3.37. The van der Waals surface area contributed by atoms with Crippen LogP contribution < -0.4 is 11.1 Å². The average molecular weight is 267 g/mol. The van der Waals surface area contributed by atoms with Crippen LogP contribution in [0, 0.1) is 17.5 Å². The zero-order valence-corrected chi connectivity index (χ0v) is 9.45. The number of halogens is 3. The van der Waals surface area contributed by atoms with Crippen molar-refractivity contribution < 1.29 is 18.0 Å². The number of nitrogens with two attached hydrogens (primary N) is 1. The highest BCUT2D eigenvalue weighted by molar-refractivity contribution is 6.05. The maximum atomic E-state index is 13.6. The molecule has 0 aliphatic carbocycles. The molecule has 0 aliphatic rings. The van der Waals surface area contributed by atoms with Gasteiger partial charge in [0.1, 0.15) is 5.82 Å². The maximum Gasteiger partial charge on any atom is 0.258 e. The minimum absolute atomic E-state index is 0.192. The molecule has 98 valence electrons. The molecule has 1 heterocycles. The van der Waals surface area contributed by atoms with Gasteiger partial charge in [0.15, 0.2) is 11.6 Å². The largest absolute Gasteiger partial charge is 0.396 e. The van der Waals surface area contributed by atoms with Gasteiger partial charge in [0.2, 0.25) is 0 Å². The highest BCUT2D eigenvalue weighted by atomic mass is 19.1. The molecule has 0 unspecified atom stereocenters. The summed E-state index contributed by atoms with van der Waals surface area (Å²) >= 11 is 0. The molecule has 3 N–H and O–H groups in total. The molecule has 2 rings (SSSR count). The Bertz CT molecular complexity index is 646. The second-order valence-electron chi connectivity index (χ2n) is 3.67. The van der Waals surface area contributed by atoms with Gasteiger partial charge < -0.3 is 11.1 Å². The van der Waals surface area contributed by atoms with Gasteiger partial charge in [-0.1, -0.05) is 0 Å². The number of benzene rings is 1. The number of pyridine rings is 1. The lowest BCUT2D eigenvalue weighted by Gasteiger charge is -2.08. The SMILES string of the molecule is Nc1cc(F)cc(C(=O)Nc2ccncc2F)c1F. The van der Waals surface area contributed by atoms with Gasteiger partial charge in [0.05, 0.1) is 23.1 Å². The fourth-order valence-corrected chi connectivity index (χ4v) is 1.44. The van der Waals surface area contributed by atoms with Crippen LogP contribution in [0.5, 0.6) is 0 Å². The lowest BCUT2D eigenvalue weighted by Crippen LogP contribution is -2.16. The first-order chi connectivity index (χ1) is 8.99. The van der Waals surface area contributed by atoms with Crippen molar-refractivity contribution in [2.24, 2.45) is 0 Å². The third kappa shape index (κ3) is 2.65. The average Bonchev–Trinajstić information content (AvgIpc) is 2.36. The van der Waals surface area contributed by atoms with Crippen LogP contribution in [0.2, 0.25) is 0 Å². The van der Waals surface area contributed by atoms with Crippen LogP contribution in [-0.4, -0.2) is 10.9 Å². The molecular weight excluding hydrogens is 259 g/mol. The van der Waals surface area contributed by atoms with Crippen LogP contribution in [0.4, 0.5) is 24.5 Å². The molecule has 0 saturated heterocycles. The Labute approximate surface area is 106 Å². The Balaban J connectivity index is 2.33. The molecule has 1 aromatic carbocycles. The summed E-state index contributed by atoms with van der Waals surface area (Å²) in [5.74, 6) is -3.72. The Morgan fingerprint density at radius 1 is 1.26 bits per heavy atom. The summed E-state index contributed by atoms with van der Waals surface area (Å²) in [6.45, 7) is 0. The second-order valence-corrected chi connectivity index (χ2v) is 3.67. The summed E-state index contributed by atoms with van der Waals surface area (Å²) in [6, 6.07) is 2.62. The zero-order valence-electron chi connectivity index (χ0n) is 9.45. The molecule has 2 aromatic rings. The van der Waals surface area contributed by atoms with Crippen LogP contribution in [0.25, 0.3) is 0 Å². The molecule has 1 aromatic heterocycles. The van der Waals surface area contributed by atoms with Gasteiger partial charge in [0, 0.05) is 6.20 Å². The summed E-state index contributed by atoms with van der Waals surface area (Å²) in [5.41, 5.74) is 3.91. The Hall–Kier alpha value is -2.57. The van der Waals surface area contributed by atoms with E-state index in [9.17, 15) is 18.0 Å². The predicted octanol–water partition coefficient (Wildman–Crippen LogP) is 2.33. The summed E-state index contributed by atoms with van der Waals surface area (Å²) in [4.78, 5) is 15.2. The van der Waals surface area contributed by atoms with Gasteiger partial charge in [0.25, 0.3) is 5.91 Å². The molecule has 1 amide bonds. The summed E-state index contributed by atoms with van der Waals surface area (Å²) < 4.78 is 39.9. The van der Waals surface area contributed by atoms with Gasteiger partial charge in [-0.2, -0.15) is 0 Å². The Morgan fingerprint density at radius 2 is 2.00 bits per heavy atom. The van der Waals surface area contributed by atoms with Gasteiger partial charge in [-0.15, -0.1) is 0 Å². The van der Waals surface area contributed by atoms with E-state index >= 15 is 0 Å². The van der Waals surface area contributed by atoms with Crippen LogP contribution in [-0.2, 0) is 0 Å². The van der Waals surface area contributed by atoms with E-state index in [-0.39, 0.29) is 5.69 Å². The number of carbonyl (C=O) groups is 1. The number of anilines is 2. The molecular formula is C12H8F3N3O. The van der Waals surface area contributed by atoms with E-state index < -0.39 is 34.6 Å². The normalized spacial score (nSPS) is 10.3. The smallest absolute Gasteiger partial charge is 0.258 e. The number of hydrogen-bond donors (Lipinski definition) is 2. The molecule has 4 nitrogen and oxygen atoms in total.